The summed E-state index contributed by atoms with van der Waals surface area (Å²) in [6.45, 7) is 0.644. The largest absolute Gasteiger partial charge is 0.389 e. The first kappa shape index (κ1) is 12.5. The fourth-order valence-corrected chi connectivity index (χ4v) is 3.01. The van der Waals surface area contributed by atoms with Crippen molar-refractivity contribution in [3.05, 3.63) is 39.5 Å². The molecule has 3 N–H and O–H groups in total. The molecule has 0 amide bonds. The van der Waals surface area contributed by atoms with Crippen LogP contribution in [0, 0.1) is 0 Å². The Bertz CT molecular complexity index is 607. The number of aromatic nitrogens is 2. The number of rotatable bonds is 4. The quantitative estimate of drug-likeness (QED) is 0.846. The van der Waals surface area contributed by atoms with Gasteiger partial charge in [0.2, 0.25) is 0 Å². The van der Waals surface area contributed by atoms with E-state index >= 15 is 0 Å². The molecule has 2 aromatic rings. The minimum Gasteiger partial charge on any atom is -0.389 e. The Morgan fingerprint density at radius 1 is 1.47 bits per heavy atom. The first-order valence-corrected chi connectivity index (χ1v) is 7.52. The van der Waals surface area contributed by atoms with Crippen LogP contribution in [0.4, 0.5) is 5.82 Å². The highest BCUT2D eigenvalue weighted by molar-refractivity contribution is 7.80. The van der Waals surface area contributed by atoms with E-state index in [-0.39, 0.29) is 0 Å². The molecule has 0 spiro atoms. The van der Waals surface area contributed by atoms with Gasteiger partial charge in [0.1, 0.15) is 10.8 Å². The zero-order valence-electron chi connectivity index (χ0n) is 10.3. The van der Waals surface area contributed by atoms with Crippen LogP contribution in [0.25, 0.3) is 0 Å². The summed E-state index contributed by atoms with van der Waals surface area (Å²) in [5, 5.41) is 5.31. The number of nitrogens with two attached hydrogens (primary N) is 1. The minimum atomic E-state index is 0.392. The Labute approximate surface area is 121 Å². The van der Waals surface area contributed by atoms with Crippen LogP contribution in [-0.4, -0.2) is 15.0 Å². The lowest BCUT2D eigenvalue weighted by Crippen LogP contribution is -2.15. The summed E-state index contributed by atoms with van der Waals surface area (Å²) >= 11 is 6.70. The van der Waals surface area contributed by atoms with Gasteiger partial charge in [0.05, 0.1) is 23.3 Å². The van der Waals surface area contributed by atoms with Crippen molar-refractivity contribution in [2.24, 2.45) is 5.73 Å². The summed E-state index contributed by atoms with van der Waals surface area (Å²) in [5.74, 6) is 0.779. The van der Waals surface area contributed by atoms with Gasteiger partial charge in [0.15, 0.2) is 0 Å². The maximum atomic E-state index is 5.80. The fraction of sp³-hybridized carbons (Fsp3) is 0.308. The van der Waals surface area contributed by atoms with Crippen molar-refractivity contribution in [1.29, 1.82) is 0 Å². The monoisotopic (exact) mass is 290 g/mol. The zero-order valence-corrected chi connectivity index (χ0v) is 12.0. The van der Waals surface area contributed by atoms with Gasteiger partial charge in [-0.2, -0.15) is 0 Å². The fourth-order valence-electron chi connectivity index (χ4n) is 2.29. The van der Waals surface area contributed by atoms with E-state index in [2.05, 4.69) is 21.4 Å². The van der Waals surface area contributed by atoms with Gasteiger partial charge >= 0.3 is 0 Å². The number of nitrogens with zero attached hydrogens (tertiary/aromatic N) is 2. The van der Waals surface area contributed by atoms with Crippen LogP contribution < -0.4 is 11.1 Å². The van der Waals surface area contributed by atoms with Crippen LogP contribution in [0.5, 0.6) is 0 Å². The van der Waals surface area contributed by atoms with Gasteiger partial charge in [-0.15, -0.1) is 11.3 Å². The smallest absolute Gasteiger partial charge is 0.136 e. The molecular weight excluding hydrogens is 276 g/mol. The molecule has 0 aromatic carbocycles. The maximum Gasteiger partial charge on any atom is 0.136 e. The van der Waals surface area contributed by atoms with Gasteiger partial charge in [0, 0.05) is 11.1 Å². The molecule has 0 aliphatic heterocycles. The Morgan fingerprint density at radius 3 is 3.11 bits per heavy atom. The minimum absolute atomic E-state index is 0.392. The molecule has 2 heterocycles. The van der Waals surface area contributed by atoms with Gasteiger partial charge in [-0.25, -0.2) is 9.97 Å². The lowest BCUT2D eigenvalue weighted by molar-refractivity contribution is 0.898. The number of nitrogens with one attached hydrogen (secondary N) is 1. The highest BCUT2D eigenvalue weighted by Gasteiger charge is 2.17. The van der Waals surface area contributed by atoms with Crippen LogP contribution in [0.15, 0.2) is 17.0 Å². The van der Waals surface area contributed by atoms with Crippen LogP contribution in [0.3, 0.4) is 0 Å². The normalized spacial score (nSPS) is 13.3. The molecular formula is C13H14N4S2. The Hall–Kier alpha value is -1.53. The third-order valence-electron chi connectivity index (χ3n) is 3.24. The highest BCUT2D eigenvalue weighted by atomic mass is 32.1. The summed E-state index contributed by atoms with van der Waals surface area (Å²) in [7, 11) is 0. The number of hydrogen-bond donors (Lipinski definition) is 2. The van der Waals surface area contributed by atoms with E-state index in [4.69, 9.17) is 18.0 Å². The van der Waals surface area contributed by atoms with E-state index in [9.17, 15) is 0 Å². The number of fused-ring (bicyclic) bond motifs is 1. The predicted molar refractivity (Wildman–Crippen MR) is 81.6 cm³/mol. The van der Waals surface area contributed by atoms with Crippen LogP contribution in [0.1, 0.15) is 28.9 Å². The second-order valence-electron chi connectivity index (χ2n) is 4.54. The molecule has 19 heavy (non-hydrogen) atoms. The number of hydrogen-bond acceptors (Lipinski definition) is 5. The molecule has 0 unspecified atom stereocenters. The third-order valence-corrected chi connectivity index (χ3v) is 4.09. The average Bonchev–Trinajstić information content (AvgIpc) is 3.05. The van der Waals surface area contributed by atoms with Gasteiger partial charge in [-0.05, 0) is 30.9 Å². The molecule has 0 saturated heterocycles. The van der Waals surface area contributed by atoms with E-state index in [1.807, 2.05) is 10.9 Å². The van der Waals surface area contributed by atoms with Gasteiger partial charge in [0.25, 0.3) is 0 Å². The molecule has 4 nitrogen and oxygen atoms in total. The molecule has 0 bridgehead atoms. The van der Waals surface area contributed by atoms with Gasteiger partial charge in [-0.1, -0.05) is 12.2 Å². The number of thiazole rings is 1. The van der Waals surface area contributed by atoms with Crippen molar-refractivity contribution in [2.75, 3.05) is 5.32 Å². The third kappa shape index (κ3) is 2.59. The average molecular weight is 290 g/mol. The van der Waals surface area contributed by atoms with Crippen molar-refractivity contribution in [3.63, 3.8) is 0 Å². The molecule has 98 valence electrons. The van der Waals surface area contributed by atoms with Crippen LogP contribution in [0.2, 0.25) is 0 Å². The van der Waals surface area contributed by atoms with Crippen molar-refractivity contribution >= 4 is 34.4 Å². The molecule has 1 aliphatic rings. The Kier molecular flexibility index (Phi) is 3.44. The van der Waals surface area contributed by atoms with E-state index in [1.165, 1.54) is 11.3 Å². The molecule has 0 radical (unpaired) electrons. The van der Waals surface area contributed by atoms with Crippen molar-refractivity contribution in [3.8, 4) is 0 Å². The first-order valence-electron chi connectivity index (χ1n) is 6.17. The van der Waals surface area contributed by atoms with Crippen molar-refractivity contribution in [2.45, 2.75) is 25.8 Å². The summed E-state index contributed by atoms with van der Waals surface area (Å²) < 4.78 is 0. The molecule has 0 saturated carbocycles. The van der Waals surface area contributed by atoms with Crippen molar-refractivity contribution in [1.82, 2.24) is 9.97 Å². The maximum absolute atomic E-state index is 5.80. The van der Waals surface area contributed by atoms with E-state index in [0.717, 1.165) is 36.3 Å². The van der Waals surface area contributed by atoms with Gasteiger partial charge in [-0.3, -0.25) is 0 Å². The van der Waals surface area contributed by atoms with Crippen LogP contribution in [-0.2, 0) is 19.4 Å². The summed E-state index contributed by atoms with van der Waals surface area (Å²) in [4.78, 5) is 9.31. The molecule has 1 aliphatic carbocycles. The lowest BCUT2D eigenvalue weighted by Gasteiger charge is -2.12. The molecule has 0 fully saturated rings. The Balaban J connectivity index is 1.88. The summed E-state index contributed by atoms with van der Waals surface area (Å²) in [5.41, 5.74) is 11.9. The second-order valence-corrected chi connectivity index (χ2v) is 5.70. The predicted octanol–water partition coefficient (Wildman–Crippen LogP) is 2.27. The number of anilines is 1. The Morgan fingerprint density at radius 2 is 2.37 bits per heavy atom. The van der Waals surface area contributed by atoms with E-state index < -0.39 is 0 Å². The summed E-state index contributed by atoms with van der Waals surface area (Å²) in [6, 6.07) is 2.08. The number of pyridine rings is 1. The standard InChI is InChI=1S/C13H14N4S2/c14-12(18)10-4-8-2-1-3-11(8)17-13(10)15-5-9-6-19-7-16-9/h4,6-7H,1-3,5H2,(H2,14,18)(H,15,17). The second kappa shape index (κ2) is 5.22. The zero-order chi connectivity index (χ0) is 13.2. The molecule has 3 rings (SSSR count). The lowest BCUT2D eigenvalue weighted by atomic mass is 10.1. The molecule has 6 heteroatoms. The SMILES string of the molecule is NC(=S)c1cc2c(nc1NCc1cscn1)CCC2. The van der Waals surface area contributed by atoms with Gasteiger partial charge < -0.3 is 11.1 Å². The highest BCUT2D eigenvalue weighted by Crippen LogP contribution is 2.25. The number of thiocarbonyl (C=S) groups is 1. The summed E-state index contributed by atoms with van der Waals surface area (Å²) in [6.07, 6.45) is 3.28. The van der Waals surface area contributed by atoms with Crippen LogP contribution >= 0.6 is 23.6 Å². The van der Waals surface area contributed by atoms with Crippen molar-refractivity contribution < 1.29 is 0 Å². The topological polar surface area (TPSA) is 63.8 Å². The number of aryl methyl sites for hydroxylation is 2. The van der Waals surface area contributed by atoms with E-state index in [1.54, 1.807) is 11.3 Å². The van der Waals surface area contributed by atoms with E-state index in [0.29, 0.717) is 11.5 Å². The molecule has 2 aromatic heterocycles. The first-order chi connectivity index (χ1) is 9.24. The molecule has 0 atom stereocenters.